The van der Waals surface area contributed by atoms with Crippen molar-refractivity contribution in [3.8, 4) is 11.5 Å². The van der Waals surface area contributed by atoms with Gasteiger partial charge in [-0.3, -0.25) is 9.59 Å². The molecule has 4 aliphatic heterocycles. The molecule has 7 nitrogen and oxygen atoms in total. The number of para-hydroxylation sites is 1. The molecule has 1 aromatic carbocycles. The molecule has 0 N–H and O–H groups in total. The first-order chi connectivity index (χ1) is 13.6. The van der Waals surface area contributed by atoms with Crippen molar-refractivity contribution < 1.29 is 23.8 Å². The zero-order valence-electron chi connectivity index (χ0n) is 16.2. The summed E-state index contributed by atoms with van der Waals surface area (Å²) < 4.78 is 17.1. The highest BCUT2D eigenvalue weighted by atomic mass is 16.6. The van der Waals surface area contributed by atoms with Gasteiger partial charge < -0.3 is 24.0 Å². The van der Waals surface area contributed by atoms with Crippen molar-refractivity contribution in [1.29, 1.82) is 0 Å². The molecule has 5 rings (SSSR count). The molecule has 1 aromatic rings. The van der Waals surface area contributed by atoms with Crippen LogP contribution in [0.25, 0.3) is 0 Å². The van der Waals surface area contributed by atoms with Crippen LogP contribution in [0.2, 0.25) is 0 Å². The Balaban J connectivity index is 1.33. The van der Waals surface area contributed by atoms with Crippen LogP contribution in [0.4, 0.5) is 0 Å². The molecule has 0 unspecified atom stereocenters. The summed E-state index contributed by atoms with van der Waals surface area (Å²) >= 11 is 0. The van der Waals surface area contributed by atoms with Crippen molar-refractivity contribution >= 4 is 11.8 Å². The largest absolute Gasteiger partial charge is 0.486 e. The van der Waals surface area contributed by atoms with Crippen molar-refractivity contribution in [2.75, 3.05) is 46.1 Å². The van der Waals surface area contributed by atoms with Crippen molar-refractivity contribution in [2.24, 2.45) is 11.3 Å². The molecule has 3 fully saturated rings. The van der Waals surface area contributed by atoms with Crippen molar-refractivity contribution in [3.63, 3.8) is 0 Å². The third-order valence-electron chi connectivity index (χ3n) is 6.97. The zero-order valence-corrected chi connectivity index (χ0v) is 16.2. The Bertz CT molecular complexity index is 802. The lowest BCUT2D eigenvalue weighted by Crippen LogP contribution is -2.47. The number of nitrogens with zero attached hydrogens (tertiary/aromatic N) is 2. The predicted octanol–water partition coefficient (Wildman–Crippen LogP) is 1.56. The van der Waals surface area contributed by atoms with E-state index in [9.17, 15) is 9.59 Å². The van der Waals surface area contributed by atoms with Gasteiger partial charge in [-0.2, -0.15) is 0 Å². The summed E-state index contributed by atoms with van der Waals surface area (Å²) in [5, 5.41) is 0. The van der Waals surface area contributed by atoms with Crippen molar-refractivity contribution in [3.05, 3.63) is 23.8 Å². The maximum absolute atomic E-state index is 13.2. The van der Waals surface area contributed by atoms with Crippen LogP contribution in [-0.2, 0) is 9.53 Å². The minimum absolute atomic E-state index is 0.00200. The van der Waals surface area contributed by atoms with Gasteiger partial charge in [-0.05, 0) is 30.4 Å². The molecule has 28 heavy (non-hydrogen) atoms. The minimum atomic E-state index is -0.00200. The molecule has 1 spiro atoms. The Kier molecular flexibility index (Phi) is 4.23. The van der Waals surface area contributed by atoms with E-state index in [1.54, 1.807) is 6.92 Å². The number of hydrogen-bond donors (Lipinski definition) is 0. The number of likely N-dealkylation sites (tertiary alicyclic amines) is 2. The number of ether oxygens (including phenoxy) is 3. The Morgan fingerprint density at radius 3 is 2.68 bits per heavy atom. The van der Waals surface area contributed by atoms with E-state index in [-0.39, 0.29) is 23.3 Å². The molecule has 7 heteroatoms. The van der Waals surface area contributed by atoms with Crippen LogP contribution < -0.4 is 9.47 Å². The second kappa shape index (κ2) is 6.65. The highest BCUT2D eigenvalue weighted by molar-refractivity contribution is 5.98. The summed E-state index contributed by atoms with van der Waals surface area (Å²) in [5.74, 6) is 1.72. The van der Waals surface area contributed by atoms with E-state index in [2.05, 4.69) is 0 Å². The molecular formula is C21H26N2O5. The monoisotopic (exact) mass is 386 g/mol. The molecule has 3 saturated heterocycles. The van der Waals surface area contributed by atoms with Gasteiger partial charge >= 0.3 is 0 Å². The summed E-state index contributed by atoms with van der Waals surface area (Å²) in [6, 6.07) is 5.69. The second-order valence-corrected chi connectivity index (χ2v) is 8.34. The molecule has 0 bridgehead atoms. The van der Waals surface area contributed by atoms with Crippen LogP contribution in [0.5, 0.6) is 11.5 Å². The molecule has 0 aliphatic carbocycles. The SMILES string of the molecule is CC(=O)N1CC2(CCN(C(=O)c3cccc4c3OCCO4)CC2)[C@H]2COC[C@H]21. The topological polar surface area (TPSA) is 68.3 Å². The van der Waals surface area contributed by atoms with E-state index < -0.39 is 0 Å². The van der Waals surface area contributed by atoms with Gasteiger partial charge in [0.1, 0.15) is 13.2 Å². The van der Waals surface area contributed by atoms with Crippen LogP contribution in [0, 0.1) is 11.3 Å². The molecule has 4 heterocycles. The summed E-state index contributed by atoms with van der Waals surface area (Å²) in [6.45, 7) is 6.16. The number of piperidine rings is 1. The highest BCUT2D eigenvalue weighted by Gasteiger charge is 2.56. The first kappa shape index (κ1) is 17.8. The van der Waals surface area contributed by atoms with Crippen LogP contribution in [0.1, 0.15) is 30.1 Å². The quantitative estimate of drug-likeness (QED) is 0.733. The van der Waals surface area contributed by atoms with Crippen LogP contribution in [0.15, 0.2) is 18.2 Å². The Hall–Kier alpha value is -2.28. The first-order valence-corrected chi connectivity index (χ1v) is 10.1. The van der Waals surface area contributed by atoms with E-state index in [1.165, 1.54) is 0 Å². The lowest BCUT2D eigenvalue weighted by Gasteiger charge is -2.42. The van der Waals surface area contributed by atoms with E-state index in [4.69, 9.17) is 14.2 Å². The van der Waals surface area contributed by atoms with Gasteiger partial charge in [0.25, 0.3) is 5.91 Å². The number of rotatable bonds is 1. The molecule has 2 amide bonds. The van der Waals surface area contributed by atoms with Gasteiger partial charge in [0.05, 0.1) is 24.8 Å². The summed E-state index contributed by atoms with van der Waals surface area (Å²) in [4.78, 5) is 29.2. The van der Waals surface area contributed by atoms with Crippen LogP contribution >= 0.6 is 0 Å². The average Bonchev–Trinajstić information content (AvgIpc) is 3.31. The molecule has 0 saturated carbocycles. The maximum Gasteiger partial charge on any atom is 0.257 e. The summed E-state index contributed by atoms with van der Waals surface area (Å²) in [7, 11) is 0. The second-order valence-electron chi connectivity index (χ2n) is 8.34. The molecule has 2 atom stereocenters. The summed E-state index contributed by atoms with van der Waals surface area (Å²) in [6.07, 6.45) is 1.80. The average molecular weight is 386 g/mol. The third kappa shape index (κ3) is 2.67. The standard InChI is InChI=1S/C21H26N2O5/c1-14(24)23-13-21(16-11-26-12-17(16)23)5-7-22(8-6-21)20(25)15-3-2-4-18-19(15)28-10-9-27-18/h2-4,16-17H,5-13H2,1H3/t16-,17+/m0/s1. The molecular weight excluding hydrogens is 360 g/mol. The van der Waals surface area contributed by atoms with Crippen LogP contribution in [0.3, 0.4) is 0 Å². The lowest BCUT2D eigenvalue weighted by atomic mass is 9.70. The maximum atomic E-state index is 13.2. The molecule has 0 aromatic heterocycles. The van der Waals surface area contributed by atoms with Gasteiger partial charge in [-0.15, -0.1) is 0 Å². The summed E-state index contributed by atoms with van der Waals surface area (Å²) in [5.41, 5.74) is 0.645. The number of fused-ring (bicyclic) bond motifs is 3. The van der Waals surface area contributed by atoms with Gasteiger partial charge in [0, 0.05) is 32.5 Å². The molecule has 0 radical (unpaired) electrons. The lowest BCUT2D eigenvalue weighted by molar-refractivity contribution is -0.130. The van der Waals surface area contributed by atoms with Gasteiger partial charge in [-0.1, -0.05) is 6.07 Å². The van der Waals surface area contributed by atoms with Gasteiger partial charge in [0.2, 0.25) is 5.91 Å². The first-order valence-electron chi connectivity index (χ1n) is 10.1. The van der Waals surface area contributed by atoms with Crippen molar-refractivity contribution in [1.82, 2.24) is 9.80 Å². The number of hydrogen-bond acceptors (Lipinski definition) is 5. The van der Waals surface area contributed by atoms with Gasteiger partial charge in [-0.25, -0.2) is 0 Å². The third-order valence-corrected chi connectivity index (χ3v) is 6.97. The predicted molar refractivity (Wildman–Crippen MR) is 100 cm³/mol. The number of carbonyl (C=O) groups excluding carboxylic acids is 2. The molecule has 150 valence electrons. The normalized spacial score (nSPS) is 27.8. The van der Waals surface area contributed by atoms with Gasteiger partial charge in [0.15, 0.2) is 11.5 Å². The molecule has 4 aliphatic rings. The number of amides is 2. The fraction of sp³-hybridized carbons (Fsp3) is 0.619. The van der Waals surface area contributed by atoms with E-state index in [0.717, 1.165) is 26.0 Å². The smallest absolute Gasteiger partial charge is 0.257 e. The van der Waals surface area contributed by atoms with E-state index >= 15 is 0 Å². The number of benzene rings is 1. The fourth-order valence-corrected chi connectivity index (χ4v) is 5.45. The van der Waals surface area contributed by atoms with Crippen molar-refractivity contribution in [2.45, 2.75) is 25.8 Å². The zero-order chi connectivity index (χ0) is 19.3. The Morgan fingerprint density at radius 2 is 1.89 bits per heavy atom. The van der Waals surface area contributed by atoms with E-state index in [1.807, 2.05) is 28.0 Å². The Morgan fingerprint density at radius 1 is 1.11 bits per heavy atom. The fourth-order valence-electron chi connectivity index (χ4n) is 5.45. The Labute approximate surface area is 164 Å². The minimum Gasteiger partial charge on any atom is -0.486 e. The van der Waals surface area contributed by atoms with Crippen LogP contribution in [-0.4, -0.2) is 73.7 Å². The highest BCUT2D eigenvalue weighted by Crippen LogP contribution is 2.50. The number of carbonyl (C=O) groups is 2. The van der Waals surface area contributed by atoms with E-state index in [0.29, 0.717) is 55.9 Å².